The Morgan fingerprint density at radius 2 is 1.66 bits per heavy atom. The first kappa shape index (κ1) is 18.9. The van der Waals surface area contributed by atoms with Gasteiger partial charge in [0.25, 0.3) is 0 Å². The molecule has 0 spiro atoms. The summed E-state index contributed by atoms with van der Waals surface area (Å²) in [6.45, 7) is 0. The Labute approximate surface area is 173 Å². The van der Waals surface area contributed by atoms with Crippen LogP contribution < -0.4 is 0 Å². The van der Waals surface area contributed by atoms with Gasteiger partial charge in [0.2, 0.25) is 11.8 Å². The van der Waals surface area contributed by atoms with Gasteiger partial charge in [-0.25, -0.2) is 4.98 Å². The molecule has 4 rings (SSSR count). The van der Waals surface area contributed by atoms with E-state index in [1.54, 1.807) is 0 Å². The standard InChI is InChI=1S/C23H17N3O2S/c1-26-21(27)13-20(23(26)28)29-22-18(14-24)17(15-8-4-2-5-9-15)12-19(25-22)16-10-6-3-7-11-16/h2-12,20H,13H2,1H3. The van der Waals surface area contributed by atoms with Crippen LogP contribution in [-0.4, -0.2) is 34.0 Å². The summed E-state index contributed by atoms with van der Waals surface area (Å²) < 4.78 is 0. The van der Waals surface area contributed by atoms with Gasteiger partial charge >= 0.3 is 0 Å². The zero-order chi connectivity index (χ0) is 20.4. The number of nitrogens with zero attached hydrogens (tertiary/aromatic N) is 3. The average Bonchev–Trinajstić information content (AvgIpc) is 3.01. The van der Waals surface area contributed by atoms with Crippen molar-refractivity contribution >= 4 is 23.6 Å². The van der Waals surface area contributed by atoms with Crippen LogP contribution in [0.4, 0.5) is 0 Å². The molecule has 3 aromatic rings. The Morgan fingerprint density at radius 1 is 1.03 bits per heavy atom. The first-order chi connectivity index (χ1) is 14.1. The van der Waals surface area contributed by atoms with Gasteiger partial charge in [0, 0.05) is 24.6 Å². The zero-order valence-corrected chi connectivity index (χ0v) is 16.5. The van der Waals surface area contributed by atoms with Crippen LogP contribution in [0.2, 0.25) is 0 Å². The molecule has 1 saturated heterocycles. The lowest BCUT2D eigenvalue weighted by Gasteiger charge is -2.14. The summed E-state index contributed by atoms with van der Waals surface area (Å²) in [6, 6.07) is 23.5. The Balaban J connectivity index is 1.86. The first-order valence-electron chi connectivity index (χ1n) is 9.11. The largest absolute Gasteiger partial charge is 0.285 e. The van der Waals surface area contributed by atoms with Gasteiger partial charge < -0.3 is 0 Å². The normalized spacial score (nSPS) is 16.1. The molecule has 2 amide bonds. The molecular weight excluding hydrogens is 382 g/mol. The van der Waals surface area contributed by atoms with Crippen molar-refractivity contribution in [3.8, 4) is 28.5 Å². The number of likely N-dealkylation sites (tertiary alicyclic amines) is 1. The molecule has 5 nitrogen and oxygen atoms in total. The topological polar surface area (TPSA) is 74.1 Å². The highest BCUT2D eigenvalue weighted by molar-refractivity contribution is 8.00. The van der Waals surface area contributed by atoms with Crippen molar-refractivity contribution in [3.05, 3.63) is 72.3 Å². The summed E-state index contributed by atoms with van der Waals surface area (Å²) in [6.07, 6.45) is 0.114. The van der Waals surface area contributed by atoms with E-state index < -0.39 is 5.25 Å². The monoisotopic (exact) mass is 399 g/mol. The molecule has 1 unspecified atom stereocenters. The molecule has 0 bridgehead atoms. The predicted octanol–water partition coefficient (Wildman–Crippen LogP) is 4.14. The van der Waals surface area contributed by atoms with E-state index in [0.717, 1.165) is 27.3 Å². The second-order valence-corrected chi connectivity index (χ2v) is 7.87. The Hall–Kier alpha value is -3.43. The molecule has 2 aromatic carbocycles. The van der Waals surface area contributed by atoms with Gasteiger partial charge in [-0.2, -0.15) is 5.26 Å². The number of carbonyl (C=O) groups excluding carboxylic acids is 2. The van der Waals surface area contributed by atoms with E-state index in [2.05, 4.69) is 6.07 Å². The SMILES string of the molecule is CN1C(=O)CC(Sc2nc(-c3ccccc3)cc(-c3ccccc3)c2C#N)C1=O. The van der Waals surface area contributed by atoms with Crippen LogP contribution in [0.3, 0.4) is 0 Å². The van der Waals surface area contributed by atoms with Crippen LogP contribution in [0.1, 0.15) is 12.0 Å². The van der Waals surface area contributed by atoms with Crippen molar-refractivity contribution in [2.45, 2.75) is 16.7 Å². The minimum atomic E-state index is -0.568. The van der Waals surface area contributed by atoms with Gasteiger partial charge in [-0.15, -0.1) is 0 Å². The van der Waals surface area contributed by atoms with Crippen molar-refractivity contribution in [2.24, 2.45) is 0 Å². The third kappa shape index (κ3) is 3.65. The Bertz CT molecular complexity index is 1120. The molecule has 1 fully saturated rings. The van der Waals surface area contributed by atoms with Crippen molar-refractivity contribution in [1.82, 2.24) is 9.88 Å². The molecule has 1 atom stereocenters. The van der Waals surface area contributed by atoms with Gasteiger partial charge in [-0.3, -0.25) is 14.5 Å². The lowest BCUT2D eigenvalue weighted by atomic mass is 9.99. The van der Waals surface area contributed by atoms with E-state index in [1.165, 1.54) is 18.8 Å². The third-order valence-electron chi connectivity index (χ3n) is 4.85. The lowest BCUT2D eigenvalue weighted by Crippen LogP contribution is -2.26. The highest BCUT2D eigenvalue weighted by Crippen LogP contribution is 2.38. The second-order valence-electron chi connectivity index (χ2n) is 6.68. The van der Waals surface area contributed by atoms with Gasteiger partial charge in [-0.05, 0) is 11.6 Å². The number of imide groups is 1. The van der Waals surface area contributed by atoms with E-state index in [1.807, 2.05) is 66.7 Å². The molecule has 2 heterocycles. The molecular formula is C23H17N3O2S. The van der Waals surface area contributed by atoms with Crippen molar-refractivity contribution in [1.29, 1.82) is 5.26 Å². The van der Waals surface area contributed by atoms with E-state index in [-0.39, 0.29) is 18.2 Å². The second kappa shape index (κ2) is 7.90. The molecule has 1 aliphatic heterocycles. The van der Waals surface area contributed by atoms with Crippen LogP contribution in [-0.2, 0) is 9.59 Å². The van der Waals surface area contributed by atoms with Gasteiger partial charge in [-0.1, -0.05) is 72.4 Å². The highest BCUT2D eigenvalue weighted by Gasteiger charge is 2.37. The van der Waals surface area contributed by atoms with Gasteiger partial charge in [0.05, 0.1) is 16.5 Å². The maximum absolute atomic E-state index is 12.4. The highest BCUT2D eigenvalue weighted by atomic mass is 32.2. The fourth-order valence-electron chi connectivity index (χ4n) is 3.27. The van der Waals surface area contributed by atoms with Crippen molar-refractivity contribution < 1.29 is 9.59 Å². The van der Waals surface area contributed by atoms with Gasteiger partial charge in [0.1, 0.15) is 11.1 Å². The molecule has 0 radical (unpaired) electrons. The molecule has 29 heavy (non-hydrogen) atoms. The molecule has 6 heteroatoms. The predicted molar refractivity (Wildman–Crippen MR) is 112 cm³/mol. The number of hydrogen-bond donors (Lipinski definition) is 0. The summed E-state index contributed by atoms with van der Waals surface area (Å²) in [5, 5.41) is 9.80. The Kier molecular flexibility index (Phi) is 5.15. The van der Waals surface area contributed by atoms with E-state index in [4.69, 9.17) is 4.98 Å². The van der Waals surface area contributed by atoms with E-state index in [0.29, 0.717) is 10.6 Å². The fourth-order valence-corrected chi connectivity index (χ4v) is 4.44. The zero-order valence-electron chi connectivity index (χ0n) is 15.7. The quantitative estimate of drug-likeness (QED) is 0.617. The number of rotatable bonds is 4. The number of hydrogen-bond acceptors (Lipinski definition) is 5. The first-order valence-corrected chi connectivity index (χ1v) is 9.99. The summed E-state index contributed by atoms with van der Waals surface area (Å²) in [5.74, 6) is -0.467. The van der Waals surface area contributed by atoms with Gasteiger partial charge in [0.15, 0.2) is 0 Å². The molecule has 0 saturated carbocycles. The number of aromatic nitrogens is 1. The number of amides is 2. The van der Waals surface area contributed by atoms with Crippen molar-refractivity contribution in [2.75, 3.05) is 7.05 Å². The summed E-state index contributed by atoms with van der Waals surface area (Å²) in [7, 11) is 1.49. The number of thioether (sulfide) groups is 1. The third-order valence-corrected chi connectivity index (χ3v) is 6.02. The van der Waals surface area contributed by atoms with Crippen molar-refractivity contribution in [3.63, 3.8) is 0 Å². The number of pyridine rings is 1. The maximum atomic E-state index is 12.4. The van der Waals surface area contributed by atoms with Crippen LogP contribution in [0.5, 0.6) is 0 Å². The number of benzene rings is 2. The summed E-state index contributed by atoms with van der Waals surface area (Å²) >= 11 is 1.19. The maximum Gasteiger partial charge on any atom is 0.242 e. The average molecular weight is 399 g/mol. The van der Waals surface area contributed by atoms with Crippen LogP contribution in [0.25, 0.3) is 22.4 Å². The molecule has 1 aromatic heterocycles. The minimum Gasteiger partial charge on any atom is -0.285 e. The smallest absolute Gasteiger partial charge is 0.242 e. The number of nitriles is 1. The van der Waals surface area contributed by atoms with E-state index in [9.17, 15) is 14.9 Å². The fraction of sp³-hybridized carbons (Fsp3) is 0.130. The summed E-state index contributed by atoms with van der Waals surface area (Å²) in [4.78, 5) is 30.2. The van der Waals surface area contributed by atoms with Crippen LogP contribution in [0, 0.1) is 11.3 Å². The van der Waals surface area contributed by atoms with Crippen LogP contribution in [0.15, 0.2) is 71.8 Å². The van der Waals surface area contributed by atoms with E-state index >= 15 is 0 Å². The Morgan fingerprint density at radius 3 is 2.21 bits per heavy atom. The van der Waals surface area contributed by atoms with Crippen LogP contribution >= 0.6 is 11.8 Å². The summed E-state index contributed by atoms with van der Waals surface area (Å²) in [5.41, 5.74) is 3.71. The molecule has 1 aliphatic rings. The molecule has 0 aliphatic carbocycles. The molecule has 0 N–H and O–H groups in total. The number of carbonyl (C=O) groups is 2. The minimum absolute atomic E-state index is 0.114. The molecule has 142 valence electrons. The lowest BCUT2D eigenvalue weighted by molar-refractivity contribution is -0.136.